The Balaban J connectivity index is 1.98. The molecule has 0 amide bonds. The predicted molar refractivity (Wildman–Crippen MR) is 66.5 cm³/mol. The van der Waals surface area contributed by atoms with Crippen molar-refractivity contribution in [1.82, 2.24) is 19.5 Å². The molecule has 0 aromatic carbocycles. The summed E-state index contributed by atoms with van der Waals surface area (Å²) in [6, 6.07) is 0. The van der Waals surface area contributed by atoms with Crippen LogP contribution in [0.2, 0.25) is 0 Å². The zero-order valence-electron chi connectivity index (χ0n) is 10.4. The first-order valence-corrected chi connectivity index (χ1v) is 6.04. The SMILES string of the molecule is CNc1ncnc2c1ncn2[C@H]1CC(O)[C@@H](CO)O1. The average molecular weight is 265 g/mol. The van der Waals surface area contributed by atoms with Crippen LogP contribution < -0.4 is 5.32 Å². The Morgan fingerprint density at radius 1 is 1.47 bits per heavy atom. The number of aliphatic hydroxyl groups excluding tert-OH is 2. The third kappa shape index (κ3) is 1.93. The molecule has 8 nitrogen and oxygen atoms in total. The summed E-state index contributed by atoms with van der Waals surface area (Å²) in [6.07, 6.45) is 1.83. The summed E-state index contributed by atoms with van der Waals surface area (Å²) in [4.78, 5) is 12.5. The van der Waals surface area contributed by atoms with Gasteiger partial charge in [0.1, 0.15) is 24.2 Å². The van der Waals surface area contributed by atoms with Crippen molar-refractivity contribution < 1.29 is 14.9 Å². The molecule has 1 saturated heterocycles. The number of fused-ring (bicyclic) bond motifs is 1. The van der Waals surface area contributed by atoms with Crippen LogP contribution in [0.5, 0.6) is 0 Å². The van der Waals surface area contributed by atoms with Crippen molar-refractivity contribution in [2.75, 3.05) is 19.0 Å². The molecule has 3 rings (SSSR count). The second-order valence-corrected chi connectivity index (χ2v) is 4.41. The smallest absolute Gasteiger partial charge is 0.167 e. The van der Waals surface area contributed by atoms with Gasteiger partial charge in [-0.05, 0) is 0 Å². The van der Waals surface area contributed by atoms with Gasteiger partial charge in [0.25, 0.3) is 0 Å². The summed E-state index contributed by atoms with van der Waals surface area (Å²) in [5.41, 5.74) is 1.28. The summed E-state index contributed by atoms with van der Waals surface area (Å²) in [5.74, 6) is 0.640. The van der Waals surface area contributed by atoms with Crippen molar-refractivity contribution >= 4 is 17.0 Å². The number of hydrogen-bond acceptors (Lipinski definition) is 7. The summed E-state index contributed by atoms with van der Waals surface area (Å²) < 4.78 is 7.34. The van der Waals surface area contributed by atoms with Crippen LogP contribution in [-0.4, -0.2) is 55.6 Å². The molecule has 0 bridgehead atoms. The number of imidazole rings is 1. The molecule has 1 unspecified atom stereocenters. The summed E-state index contributed by atoms with van der Waals surface area (Å²) in [6.45, 7) is -0.207. The summed E-state index contributed by atoms with van der Waals surface area (Å²) >= 11 is 0. The van der Waals surface area contributed by atoms with E-state index in [9.17, 15) is 5.11 Å². The van der Waals surface area contributed by atoms with E-state index in [0.29, 0.717) is 23.4 Å². The van der Waals surface area contributed by atoms with Gasteiger partial charge in [-0.25, -0.2) is 15.0 Å². The molecule has 8 heteroatoms. The van der Waals surface area contributed by atoms with E-state index in [1.807, 2.05) is 0 Å². The Morgan fingerprint density at radius 3 is 3.00 bits per heavy atom. The van der Waals surface area contributed by atoms with Gasteiger partial charge in [-0.15, -0.1) is 0 Å². The highest BCUT2D eigenvalue weighted by Crippen LogP contribution is 2.31. The Kier molecular flexibility index (Phi) is 3.05. The van der Waals surface area contributed by atoms with Crippen molar-refractivity contribution in [3.63, 3.8) is 0 Å². The van der Waals surface area contributed by atoms with Crippen LogP contribution in [0.15, 0.2) is 12.7 Å². The van der Waals surface area contributed by atoms with Gasteiger partial charge in [0, 0.05) is 13.5 Å². The first kappa shape index (κ1) is 12.3. The van der Waals surface area contributed by atoms with E-state index in [1.165, 1.54) is 6.33 Å². The van der Waals surface area contributed by atoms with Crippen LogP contribution in [0, 0.1) is 0 Å². The minimum atomic E-state index is -0.682. The van der Waals surface area contributed by atoms with Crippen molar-refractivity contribution in [3.8, 4) is 0 Å². The highest BCUT2D eigenvalue weighted by Gasteiger charge is 2.35. The summed E-state index contributed by atoms with van der Waals surface area (Å²) in [5, 5.41) is 21.8. The number of anilines is 1. The molecule has 19 heavy (non-hydrogen) atoms. The minimum absolute atomic E-state index is 0.207. The number of aliphatic hydroxyl groups is 2. The maximum Gasteiger partial charge on any atom is 0.167 e. The molecule has 1 aliphatic rings. The van der Waals surface area contributed by atoms with E-state index in [-0.39, 0.29) is 12.8 Å². The van der Waals surface area contributed by atoms with Gasteiger partial charge in [0.2, 0.25) is 0 Å². The molecule has 102 valence electrons. The minimum Gasteiger partial charge on any atom is -0.394 e. The molecule has 2 aromatic heterocycles. The maximum atomic E-state index is 9.77. The molecule has 2 aromatic rings. The van der Waals surface area contributed by atoms with Gasteiger partial charge in [0.15, 0.2) is 11.5 Å². The van der Waals surface area contributed by atoms with Gasteiger partial charge >= 0.3 is 0 Å². The van der Waals surface area contributed by atoms with Gasteiger partial charge in [0.05, 0.1) is 19.0 Å². The van der Waals surface area contributed by atoms with Gasteiger partial charge in [-0.1, -0.05) is 0 Å². The van der Waals surface area contributed by atoms with E-state index < -0.39 is 12.2 Å². The Bertz CT molecular complexity index is 587. The monoisotopic (exact) mass is 265 g/mol. The lowest BCUT2D eigenvalue weighted by Crippen LogP contribution is -2.24. The van der Waals surface area contributed by atoms with E-state index in [0.717, 1.165) is 0 Å². The third-order valence-electron chi connectivity index (χ3n) is 3.29. The van der Waals surface area contributed by atoms with Crippen LogP contribution in [0.25, 0.3) is 11.2 Å². The Hall–Kier alpha value is -1.77. The van der Waals surface area contributed by atoms with Crippen molar-refractivity contribution in [3.05, 3.63) is 12.7 Å². The Labute approximate surface area is 109 Å². The third-order valence-corrected chi connectivity index (χ3v) is 3.29. The molecular weight excluding hydrogens is 250 g/mol. The first-order chi connectivity index (χ1) is 9.24. The molecule has 0 aliphatic carbocycles. The van der Waals surface area contributed by atoms with Crippen LogP contribution in [0.4, 0.5) is 5.82 Å². The van der Waals surface area contributed by atoms with E-state index in [1.54, 1.807) is 17.9 Å². The van der Waals surface area contributed by atoms with Gasteiger partial charge < -0.3 is 20.3 Å². The summed E-state index contributed by atoms with van der Waals surface area (Å²) in [7, 11) is 1.76. The predicted octanol–water partition coefficient (Wildman–Crippen LogP) is -0.491. The average Bonchev–Trinajstić information content (AvgIpc) is 3.01. The van der Waals surface area contributed by atoms with Gasteiger partial charge in [-0.3, -0.25) is 4.57 Å². The fourth-order valence-corrected chi connectivity index (χ4v) is 2.30. The number of nitrogens with zero attached hydrogens (tertiary/aromatic N) is 4. The van der Waals surface area contributed by atoms with Crippen LogP contribution in [-0.2, 0) is 4.74 Å². The molecule has 3 atom stereocenters. The molecule has 3 N–H and O–H groups in total. The Morgan fingerprint density at radius 2 is 2.32 bits per heavy atom. The molecule has 0 radical (unpaired) electrons. The zero-order valence-corrected chi connectivity index (χ0v) is 10.4. The van der Waals surface area contributed by atoms with E-state index in [2.05, 4.69) is 20.3 Å². The highest BCUT2D eigenvalue weighted by molar-refractivity contribution is 5.82. The number of aromatic nitrogens is 4. The first-order valence-electron chi connectivity index (χ1n) is 6.04. The second-order valence-electron chi connectivity index (χ2n) is 4.41. The van der Waals surface area contributed by atoms with E-state index >= 15 is 0 Å². The molecular formula is C11H15N5O3. The van der Waals surface area contributed by atoms with Crippen LogP contribution in [0.3, 0.4) is 0 Å². The highest BCUT2D eigenvalue weighted by atomic mass is 16.5. The number of rotatable bonds is 3. The van der Waals surface area contributed by atoms with Crippen LogP contribution >= 0.6 is 0 Å². The maximum absolute atomic E-state index is 9.77. The number of ether oxygens (including phenoxy) is 1. The van der Waals surface area contributed by atoms with Gasteiger partial charge in [-0.2, -0.15) is 0 Å². The lowest BCUT2D eigenvalue weighted by molar-refractivity contribution is -0.0432. The molecule has 0 spiro atoms. The lowest BCUT2D eigenvalue weighted by Gasteiger charge is -2.13. The topological polar surface area (TPSA) is 105 Å². The molecule has 3 heterocycles. The molecule has 0 saturated carbocycles. The van der Waals surface area contributed by atoms with Crippen molar-refractivity contribution in [1.29, 1.82) is 0 Å². The fraction of sp³-hybridized carbons (Fsp3) is 0.545. The normalized spacial score (nSPS) is 27.0. The second kappa shape index (κ2) is 4.72. The lowest BCUT2D eigenvalue weighted by atomic mass is 10.2. The molecule has 1 aliphatic heterocycles. The van der Waals surface area contributed by atoms with Crippen LogP contribution in [0.1, 0.15) is 12.6 Å². The quantitative estimate of drug-likeness (QED) is 0.687. The number of hydrogen-bond donors (Lipinski definition) is 3. The standard InChI is InChI=1S/C11H15N5O3/c1-12-10-9-11(14-4-13-10)16(5-15-9)8-2-6(18)7(3-17)19-8/h4-8,17-18H,2-3H2,1H3,(H,12,13,14)/t6?,7-,8-/m1/s1. The fourth-order valence-electron chi connectivity index (χ4n) is 2.30. The van der Waals surface area contributed by atoms with Crippen molar-refractivity contribution in [2.45, 2.75) is 24.9 Å². The zero-order chi connectivity index (χ0) is 13.4. The van der Waals surface area contributed by atoms with E-state index in [4.69, 9.17) is 9.84 Å². The number of nitrogens with one attached hydrogen (secondary N) is 1. The largest absolute Gasteiger partial charge is 0.394 e. The molecule has 1 fully saturated rings. The van der Waals surface area contributed by atoms with Crippen molar-refractivity contribution in [2.24, 2.45) is 0 Å².